The van der Waals surface area contributed by atoms with Crippen LogP contribution in [0.4, 0.5) is 19.0 Å². The predicted molar refractivity (Wildman–Crippen MR) is 103 cm³/mol. The Kier molecular flexibility index (Phi) is 5.82. The second kappa shape index (κ2) is 8.00. The van der Waals surface area contributed by atoms with E-state index < -0.39 is 29.4 Å². The van der Waals surface area contributed by atoms with Gasteiger partial charge >= 0.3 is 5.92 Å². The lowest BCUT2D eigenvalue weighted by molar-refractivity contribution is -0.108. The van der Waals surface area contributed by atoms with Crippen LogP contribution >= 0.6 is 8.46 Å². The van der Waals surface area contributed by atoms with Gasteiger partial charge in [-0.3, -0.25) is 4.57 Å². The Morgan fingerprint density at radius 2 is 1.97 bits per heavy atom. The van der Waals surface area contributed by atoms with Crippen molar-refractivity contribution in [2.75, 3.05) is 5.32 Å². The minimum Gasteiger partial charge on any atom is -0.387 e. The fourth-order valence-electron chi connectivity index (χ4n) is 2.95. The van der Waals surface area contributed by atoms with Crippen molar-refractivity contribution in [2.24, 2.45) is 0 Å². The molecule has 2 heterocycles. The van der Waals surface area contributed by atoms with Gasteiger partial charge in [0.15, 0.2) is 0 Å². The number of aliphatic hydroxyl groups is 1. The molecule has 0 bridgehead atoms. The number of rotatable bonds is 6. The second-order valence-electron chi connectivity index (χ2n) is 6.64. The third-order valence-corrected chi connectivity index (χ3v) is 4.94. The summed E-state index contributed by atoms with van der Waals surface area (Å²) in [4.78, 5) is 12.6. The number of nitrogens with one attached hydrogen (secondary N) is 1. The Labute approximate surface area is 166 Å². The first-order valence-corrected chi connectivity index (χ1v) is 9.55. The summed E-state index contributed by atoms with van der Waals surface area (Å²) < 4.78 is 54.4. The molecule has 0 spiro atoms. The SMILES string of the molecule is Cc1nc(N[C@H](C)c2cccc(C(F)(F)[C@@H](C)O)c2F)c2cc(P=O)ncc2n1. The minimum atomic E-state index is -3.73. The van der Waals surface area contributed by atoms with Crippen LogP contribution < -0.4 is 10.8 Å². The van der Waals surface area contributed by atoms with Gasteiger partial charge in [0.05, 0.1) is 23.3 Å². The molecule has 29 heavy (non-hydrogen) atoms. The predicted octanol–water partition coefficient (Wildman–Crippen LogP) is 4.04. The Morgan fingerprint density at radius 3 is 2.62 bits per heavy atom. The fourth-order valence-corrected chi connectivity index (χ4v) is 3.23. The highest BCUT2D eigenvalue weighted by Gasteiger charge is 2.40. The number of anilines is 1. The largest absolute Gasteiger partial charge is 0.387 e. The molecule has 1 aromatic carbocycles. The average molecular weight is 422 g/mol. The molecule has 2 N–H and O–H groups in total. The number of aliphatic hydroxyl groups excluding tert-OH is 1. The van der Waals surface area contributed by atoms with E-state index in [1.807, 2.05) is 0 Å². The molecule has 10 heteroatoms. The van der Waals surface area contributed by atoms with Crippen LogP contribution in [-0.2, 0) is 10.5 Å². The number of pyridine rings is 1. The number of fused-ring (bicyclic) bond motifs is 1. The summed E-state index contributed by atoms with van der Waals surface area (Å²) in [5, 5.41) is 12.9. The molecule has 0 unspecified atom stereocenters. The summed E-state index contributed by atoms with van der Waals surface area (Å²) in [6.45, 7) is 4.17. The average Bonchev–Trinajstić information content (AvgIpc) is 2.67. The van der Waals surface area contributed by atoms with Gasteiger partial charge in [0.1, 0.15) is 29.0 Å². The van der Waals surface area contributed by atoms with E-state index >= 15 is 0 Å². The van der Waals surface area contributed by atoms with Gasteiger partial charge in [0.2, 0.25) is 8.46 Å². The third-order valence-electron chi connectivity index (χ3n) is 4.51. The van der Waals surface area contributed by atoms with Gasteiger partial charge in [-0.2, -0.15) is 8.78 Å². The molecule has 0 aliphatic heterocycles. The van der Waals surface area contributed by atoms with Gasteiger partial charge in [-0.05, 0) is 32.9 Å². The molecule has 3 aromatic rings. The fraction of sp³-hybridized carbons (Fsp3) is 0.316. The Balaban J connectivity index is 2.03. The van der Waals surface area contributed by atoms with Gasteiger partial charge in [-0.1, -0.05) is 12.1 Å². The summed E-state index contributed by atoms with van der Waals surface area (Å²) in [5.74, 6) is -4.07. The molecule has 0 aliphatic rings. The number of nitrogens with zero attached hydrogens (tertiary/aromatic N) is 3. The van der Waals surface area contributed by atoms with Crippen LogP contribution in [0.2, 0.25) is 0 Å². The molecule has 2 atom stereocenters. The highest BCUT2D eigenvalue weighted by molar-refractivity contribution is 7.33. The standard InChI is InChI=1S/C19H18F3N4O2P/c1-9(12-5-4-6-14(17(12)20)19(21,22)10(2)27)24-18-13-7-16(29-28)23-8-15(13)25-11(3)26-18/h4-10,27H,1-3H3,(H,24,25,26)/t9-,10-/m1/s1. The molecular formula is C19H18F3N4O2P. The first-order chi connectivity index (χ1) is 13.6. The monoisotopic (exact) mass is 422 g/mol. The van der Waals surface area contributed by atoms with Crippen LogP contribution in [0.25, 0.3) is 10.9 Å². The van der Waals surface area contributed by atoms with E-state index in [1.54, 1.807) is 13.8 Å². The van der Waals surface area contributed by atoms with Crippen LogP contribution in [0, 0.1) is 12.7 Å². The summed E-state index contributed by atoms with van der Waals surface area (Å²) in [6, 6.07) is 4.44. The molecular weight excluding hydrogens is 404 g/mol. The molecule has 0 aliphatic carbocycles. The second-order valence-corrected chi connectivity index (χ2v) is 7.28. The van der Waals surface area contributed by atoms with E-state index in [2.05, 4.69) is 20.3 Å². The molecule has 0 radical (unpaired) electrons. The van der Waals surface area contributed by atoms with E-state index in [9.17, 15) is 22.8 Å². The summed E-state index contributed by atoms with van der Waals surface area (Å²) >= 11 is 0. The van der Waals surface area contributed by atoms with Crippen molar-refractivity contribution in [2.45, 2.75) is 38.8 Å². The number of aryl methyl sites for hydroxylation is 1. The molecule has 0 saturated carbocycles. The van der Waals surface area contributed by atoms with Crippen LogP contribution in [0.5, 0.6) is 0 Å². The maximum Gasteiger partial charge on any atom is 0.301 e. The van der Waals surface area contributed by atoms with Gasteiger partial charge in [0.25, 0.3) is 0 Å². The first kappa shape index (κ1) is 21.1. The Bertz CT molecular complexity index is 1080. The quantitative estimate of drug-likeness (QED) is 0.583. The molecule has 6 nitrogen and oxygen atoms in total. The van der Waals surface area contributed by atoms with E-state index in [-0.39, 0.29) is 19.5 Å². The lowest BCUT2D eigenvalue weighted by Crippen LogP contribution is -2.29. The van der Waals surface area contributed by atoms with Crippen molar-refractivity contribution in [1.29, 1.82) is 0 Å². The zero-order valence-corrected chi connectivity index (χ0v) is 16.7. The molecule has 152 valence electrons. The maximum absolute atomic E-state index is 14.9. The maximum atomic E-state index is 14.9. The number of hydrogen-bond donors (Lipinski definition) is 2. The lowest BCUT2D eigenvalue weighted by atomic mass is 9.97. The number of alkyl halides is 2. The van der Waals surface area contributed by atoms with E-state index in [0.29, 0.717) is 22.5 Å². The molecule has 0 saturated heterocycles. The van der Waals surface area contributed by atoms with Crippen LogP contribution in [-0.4, -0.2) is 26.2 Å². The topological polar surface area (TPSA) is 88.0 Å². The highest BCUT2D eigenvalue weighted by atomic mass is 31.1. The van der Waals surface area contributed by atoms with Gasteiger partial charge < -0.3 is 10.4 Å². The molecule has 3 rings (SSSR count). The first-order valence-electron chi connectivity index (χ1n) is 8.74. The highest BCUT2D eigenvalue weighted by Crippen LogP contribution is 2.36. The molecule has 0 fully saturated rings. The van der Waals surface area contributed by atoms with Crippen molar-refractivity contribution in [3.63, 3.8) is 0 Å². The molecule has 2 aromatic heterocycles. The Morgan fingerprint density at radius 1 is 1.24 bits per heavy atom. The minimum absolute atomic E-state index is 0.0107. The number of halogens is 3. The van der Waals surface area contributed by atoms with Crippen molar-refractivity contribution >= 4 is 30.6 Å². The van der Waals surface area contributed by atoms with Crippen LogP contribution in [0.15, 0.2) is 30.5 Å². The summed E-state index contributed by atoms with van der Waals surface area (Å²) in [6.07, 6.45) is -0.592. The molecule has 0 amide bonds. The van der Waals surface area contributed by atoms with Crippen molar-refractivity contribution in [1.82, 2.24) is 15.0 Å². The van der Waals surface area contributed by atoms with Gasteiger partial charge in [-0.15, -0.1) is 0 Å². The zero-order chi connectivity index (χ0) is 21.3. The van der Waals surface area contributed by atoms with E-state index in [1.165, 1.54) is 24.4 Å². The van der Waals surface area contributed by atoms with Crippen LogP contribution in [0.1, 0.15) is 36.8 Å². The zero-order valence-electron chi connectivity index (χ0n) is 15.8. The Hall–Kier alpha value is -2.64. The van der Waals surface area contributed by atoms with Gasteiger partial charge in [0, 0.05) is 10.9 Å². The lowest BCUT2D eigenvalue weighted by Gasteiger charge is -2.23. The van der Waals surface area contributed by atoms with Crippen molar-refractivity contribution in [3.8, 4) is 0 Å². The number of hydrogen-bond acceptors (Lipinski definition) is 6. The summed E-state index contributed by atoms with van der Waals surface area (Å²) in [7, 11) is -0.279. The van der Waals surface area contributed by atoms with E-state index in [0.717, 1.165) is 13.0 Å². The summed E-state index contributed by atoms with van der Waals surface area (Å²) in [5.41, 5.74) is -0.123. The number of benzene rings is 1. The van der Waals surface area contributed by atoms with E-state index in [4.69, 9.17) is 0 Å². The van der Waals surface area contributed by atoms with Crippen LogP contribution in [0.3, 0.4) is 0 Å². The third kappa shape index (κ3) is 4.06. The smallest absolute Gasteiger partial charge is 0.301 e. The number of aromatic nitrogens is 3. The normalized spacial score (nSPS) is 14.2. The van der Waals surface area contributed by atoms with Crippen molar-refractivity contribution < 1.29 is 22.8 Å². The van der Waals surface area contributed by atoms with Crippen molar-refractivity contribution in [3.05, 3.63) is 53.2 Å². The van der Waals surface area contributed by atoms with Gasteiger partial charge in [-0.25, -0.2) is 19.3 Å².